The monoisotopic (exact) mass is 455 g/mol. The van der Waals surface area contributed by atoms with Crippen LogP contribution in [0.15, 0.2) is 91.0 Å². The number of alkyl halides is 6. The van der Waals surface area contributed by atoms with Gasteiger partial charge in [-0.1, -0.05) is 48.5 Å². The van der Waals surface area contributed by atoms with Crippen molar-refractivity contribution >= 4 is 21.7 Å². The first-order valence-electron chi connectivity index (χ1n) is 10.0. The number of benzene rings is 4. The Morgan fingerprint density at radius 3 is 1.79 bits per heavy atom. The van der Waals surface area contributed by atoms with Crippen LogP contribution in [-0.4, -0.2) is 4.57 Å². The van der Waals surface area contributed by atoms with E-state index in [1.54, 1.807) is 41.0 Å². The fourth-order valence-corrected chi connectivity index (χ4v) is 4.13. The van der Waals surface area contributed by atoms with Crippen molar-refractivity contribution in [2.45, 2.75) is 12.4 Å². The van der Waals surface area contributed by atoms with Gasteiger partial charge in [0.05, 0.1) is 22.3 Å². The molecule has 0 amide bonds. The molecule has 0 radical (unpaired) electrons. The largest absolute Gasteiger partial charge is 0.416 e. The van der Waals surface area contributed by atoms with Crippen LogP contribution in [0.3, 0.4) is 0 Å². The lowest BCUT2D eigenvalue weighted by Gasteiger charge is -2.16. The average molecular weight is 455 g/mol. The van der Waals surface area contributed by atoms with Crippen molar-refractivity contribution in [3.63, 3.8) is 0 Å². The maximum absolute atomic E-state index is 13.5. The van der Waals surface area contributed by atoms with Gasteiger partial charge in [0.1, 0.15) is 0 Å². The molecule has 0 aliphatic heterocycles. The van der Waals surface area contributed by atoms with E-state index in [0.29, 0.717) is 11.2 Å². The van der Waals surface area contributed by atoms with E-state index in [-0.39, 0.29) is 17.3 Å². The third kappa shape index (κ3) is 3.73. The Hall–Kier alpha value is -3.74. The summed E-state index contributed by atoms with van der Waals surface area (Å²) in [4.78, 5) is 0. The minimum atomic E-state index is -4.92. The molecule has 1 heterocycles. The number of nitrogens with zero attached hydrogens (tertiary/aromatic N) is 1. The van der Waals surface area contributed by atoms with Gasteiger partial charge in [-0.25, -0.2) is 0 Å². The Morgan fingerprint density at radius 1 is 0.545 bits per heavy atom. The van der Waals surface area contributed by atoms with Crippen molar-refractivity contribution in [1.29, 1.82) is 0 Å². The molecule has 4 aromatic carbocycles. The summed E-state index contributed by atoms with van der Waals surface area (Å²) >= 11 is 0. The summed E-state index contributed by atoms with van der Waals surface area (Å²) in [6.07, 6.45) is -9.85. The van der Waals surface area contributed by atoms with E-state index in [4.69, 9.17) is 0 Å². The van der Waals surface area contributed by atoms with E-state index in [1.807, 2.05) is 36.4 Å². The molecule has 0 fully saturated rings. The van der Waals surface area contributed by atoms with E-state index in [0.717, 1.165) is 28.3 Å². The highest BCUT2D eigenvalue weighted by Gasteiger charge is 2.37. The van der Waals surface area contributed by atoms with E-state index < -0.39 is 23.5 Å². The van der Waals surface area contributed by atoms with Crippen molar-refractivity contribution in [1.82, 2.24) is 4.57 Å². The van der Waals surface area contributed by atoms with Gasteiger partial charge in [0.25, 0.3) is 0 Å². The molecule has 0 saturated heterocycles. The number of hydrogen-bond donors (Lipinski definition) is 0. The molecule has 1 nitrogen and oxygen atoms in total. The Balaban J connectivity index is 1.89. The van der Waals surface area contributed by atoms with Crippen LogP contribution >= 0.6 is 0 Å². The van der Waals surface area contributed by atoms with Gasteiger partial charge in [0, 0.05) is 11.1 Å². The summed E-state index contributed by atoms with van der Waals surface area (Å²) in [6.45, 7) is 0. The standard InChI is InChI=1S/C26H15F6N/c27-25(28,29)18-12-17(13-19(14-18)26(30,31)32)24-15-22-21-9-5-4-6-16(21)10-11-23(22)33(24)20-7-2-1-3-8-20/h1-15H. The fraction of sp³-hybridized carbons (Fsp3) is 0.0769. The van der Waals surface area contributed by atoms with E-state index in [9.17, 15) is 26.3 Å². The minimum Gasteiger partial charge on any atom is -0.309 e. The van der Waals surface area contributed by atoms with Gasteiger partial charge >= 0.3 is 12.4 Å². The first-order chi connectivity index (χ1) is 15.6. The van der Waals surface area contributed by atoms with Crippen molar-refractivity contribution in [2.24, 2.45) is 0 Å². The molecule has 0 atom stereocenters. The number of fused-ring (bicyclic) bond motifs is 3. The third-order valence-corrected chi connectivity index (χ3v) is 5.61. The number of rotatable bonds is 2. The maximum Gasteiger partial charge on any atom is 0.416 e. The lowest BCUT2D eigenvalue weighted by Crippen LogP contribution is -2.11. The van der Waals surface area contributed by atoms with Gasteiger partial charge in [-0.3, -0.25) is 0 Å². The second-order valence-corrected chi connectivity index (χ2v) is 7.71. The van der Waals surface area contributed by atoms with E-state index in [1.165, 1.54) is 0 Å². The van der Waals surface area contributed by atoms with Crippen LogP contribution in [0.5, 0.6) is 0 Å². The average Bonchev–Trinajstić information content (AvgIpc) is 3.18. The quantitative estimate of drug-likeness (QED) is 0.235. The summed E-state index contributed by atoms with van der Waals surface area (Å²) in [5, 5.41) is 2.51. The smallest absolute Gasteiger partial charge is 0.309 e. The van der Waals surface area contributed by atoms with Crippen LogP contribution in [-0.2, 0) is 12.4 Å². The molecular formula is C26H15F6N. The Morgan fingerprint density at radius 2 is 1.15 bits per heavy atom. The molecule has 0 N–H and O–H groups in total. The van der Waals surface area contributed by atoms with E-state index >= 15 is 0 Å². The SMILES string of the molecule is FC(F)(F)c1cc(-c2cc3c4ccccc4ccc3n2-c2ccccc2)cc(C(F)(F)F)c1. The van der Waals surface area contributed by atoms with E-state index in [2.05, 4.69) is 0 Å². The van der Waals surface area contributed by atoms with Crippen molar-refractivity contribution < 1.29 is 26.3 Å². The predicted octanol–water partition coefficient (Wildman–Crippen LogP) is 8.49. The Labute approximate surface area is 184 Å². The summed E-state index contributed by atoms with van der Waals surface area (Å²) in [5.74, 6) is 0. The lowest BCUT2D eigenvalue weighted by molar-refractivity contribution is -0.143. The lowest BCUT2D eigenvalue weighted by atomic mass is 10.0. The Kier molecular flexibility index (Phi) is 4.74. The summed E-state index contributed by atoms with van der Waals surface area (Å²) in [7, 11) is 0. The van der Waals surface area contributed by atoms with Crippen LogP contribution < -0.4 is 0 Å². The normalized spacial score (nSPS) is 12.5. The van der Waals surface area contributed by atoms with Gasteiger partial charge in [0.15, 0.2) is 0 Å². The molecule has 0 aliphatic rings. The highest BCUT2D eigenvalue weighted by Crippen LogP contribution is 2.41. The maximum atomic E-state index is 13.5. The highest BCUT2D eigenvalue weighted by molar-refractivity contribution is 6.09. The number of para-hydroxylation sites is 1. The molecule has 0 spiro atoms. The van der Waals surface area contributed by atoms with Crippen molar-refractivity contribution in [2.75, 3.05) is 0 Å². The zero-order chi connectivity index (χ0) is 23.4. The third-order valence-electron chi connectivity index (χ3n) is 5.61. The molecule has 0 aliphatic carbocycles. The number of halogens is 6. The van der Waals surface area contributed by atoms with Crippen LogP contribution in [0.25, 0.3) is 38.6 Å². The van der Waals surface area contributed by atoms with Crippen LogP contribution in [0.1, 0.15) is 11.1 Å². The number of aromatic nitrogens is 1. The van der Waals surface area contributed by atoms with Crippen LogP contribution in [0.2, 0.25) is 0 Å². The summed E-state index contributed by atoms with van der Waals surface area (Å²) < 4.78 is 82.8. The Bertz CT molecular complexity index is 1440. The van der Waals surface area contributed by atoms with Crippen LogP contribution in [0, 0.1) is 0 Å². The second kappa shape index (κ2) is 7.40. The fourth-order valence-electron chi connectivity index (χ4n) is 4.13. The molecule has 33 heavy (non-hydrogen) atoms. The predicted molar refractivity (Wildman–Crippen MR) is 116 cm³/mol. The molecule has 0 unspecified atom stereocenters. The molecular weight excluding hydrogens is 440 g/mol. The summed E-state index contributed by atoms with van der Waals surface area (Å²) in [5.41, 5.74) is -1.31. The minimum absolute atomic E-state index is 0.147. The van der Waals surface area contributed by atoms with Gasteiger partial charge in [-0.05, 0) is 58.8 Å². The molecule has 0 saturated carbocycles. The summed E-state index contributed by atoms with van der Waals surface area (Å²) in [6, 6.07) is 23.4. The van der Waals surface area contributed by atoms with Crippen LogP contribution in [0.4, 0.5) is 26.3 Å². The first-order valence-corrected chi connectivity index (χ1v) is 10.0. The van der Waals surface area contributed by atoms with Crippen molar-refractivity contribution in [3.05, 3.63) is 102 Å². The molecule has 166 valence electrons. The van der Waals surface area contributed by atoms with Crippen molar-refractivity contribution in [3.8, 4) is 16.9 Å². The van der Waals surface area contributed by atoms with Gasteiger partial charge in [0.2, 0.25) is 0 Å². The number of hydrogen-bond acceptors (Lipinski definition) is 0. The zero-order valence-corrected chi connectivity index (χ0v) is 16.9. The highest BCUT2D eigenvalue weighted by atomic mass is 19.4. The van der Waals surface area contributed by atoms with Gasteiger partial charge in [-0.15, -0.1) is 0 Å². The second-order valence-electron chi connectivity index (χ2n) is 7.71. The molecule has 1 aromatic heterocycles. The first kappa shape index (κ1) is 21.1. The molecule has 5 rings (SSSR count). The molecule has 7 heteroatoms. The zero-order valence-electron chi connectivity index (χ0n) is 16.9. The van der Waals surface area contributed by atoms with Gasteiger partial charge in [-0.2, -0.15) is 26.3 Å². The molecule has 0 bridgehead atoms. The van der Waals surface area contributed by atoms with Gasteiger partial charge < -0.3 is 4.57 Å². The molecule has 5 aromatic rings. The topological polar surface area (TPSA) is 4.93 Å².